The molecule has 0 aliphatic rings. The van der Waals surface area contributed by atoms with Crippen molar-refractivity contribution in [2.75, 3.05) is 11.1 Å². The van der Waals surface area contributed by atoms with Crippen LogP contribution >= 0.6 is 23.4 Å². The lowest BCUT2D eigenvalue weighted by Crippen LogP contribution is -2.15. The number of para-hydroxylation sites is 1. The summed E-state index contributed by atoms with van der Waals surface area (Å²) >= 11 is 7.44. The van der Waals surface area contributed by atoms with Crippen molar-refractivity contribution in [2.45, 2.75) is 12.4 Å². The number of amides is 1. The van der Waals surface area contributed by atoms with Gasteiger partial charge >= 0.3 is 0 Å². The van der Waals surface area contributed by atoms with Crippen LogP contribution < -0.4 is 5.32 Å². The summed E-state index contributed by atoms with van der Waals surface area (Å²) in [5.74, 6) is 1.00. The Hall–Kier alpha value is -1.49. The van der Waals surface area contributed by atoms with E-state index in [-0.39, 0.29) is 12.5 Å². The van der Waals surface area contributed by atoms with Crippen molar-refractivity contribution in [3.8, 4) is 0 Å². The zero-order valence-electron chi connectivity index (χ0n) is 11.4. The first-order chi connectivity index (χ1) is 10.2. The van der Waals surface area contributed by atoms with E-state index in [0.29, 0.717) is 22.0 Å². The van der Waals surface area contributed by atoms with Gasteiger partial charge in [0.15, 0.2) is 0 Å². The number of thioether (sulfide) groups is 1. The van der Waals surface area contributed by atoms with Gasteiger partial charge in [-0.15, -0.1) is 11.8 Å². The monoisotopic (exact) mass is 321 g/mol. The summed E-state index contributed by atoms with van der Waals surface area (Å²) in [5, 5.41) is 12.7. The standard InChI is InChI=1S/C16H16ClNO2S/c17-14-6-3-4-12(8-14)10-21-11-16(20)18-15-7-2-1-5-13(15)9-19/h1-8,19H,9-11H2,(H,18,20). The van der Waals surface area contributed by atoms with Gasteiger partial charge in [-0.3, -0.25) is 4.79 Å². The van der Waals surface area contributed by atoms with Crippen LogP contribution in [-0.2, 0) is 17.2 Å². The molecule has 0 bridgehead atoms. The molecule has 5 heteroatoms. The van der Waals surface area contributed by atoms with E-state index in [4.69, 9.17) is 11.6 Å². The molecule has 2 aromatic rings. The van der Waals surface area contributed by atoms with Gasteiger partial charge in [-0.05, 0) is 23.8 Å². The first-order valence-corrected chi connectivity index (χ1v) is 8.03. The van der Waals surface area contributed by atoms with Crippen molar-refractivity contribution in [1.82, 2.24) is 0 Å². The quantitative estimate of drug-likeness (QED) is 0.853. The van der Waals surface area contributed by atoms with Gasteiger partial charge in [0, 0.05) is 22.0 Å². The number of carbonyl (C=O) groups is 1. The molecule has 0 aliphatic heterocycles. The Labute approximate surface area is 133 Å². The van der Waals surface area contributed by atoms with Crippen LogP contribution in [0, 0.1) is 0 Å². The normalized spacial score (nSPS) is 10.4. The number of rotatable bonds is 6. The van der Waals surface area contributed by atoms with E-state index in [9.17, 15) is 9.90 Å². The highest BCUT2D eigenvalue weighted by Crippen LogP contribution is 2.18. The average molecular weight is 322 g/mol. The average Bonchev–Trinajstić information content (AvgIpc) is 2.48. The molecule has 2 N–H and O–H groups in total. The predicted molar refractivity (Wildman–Crippen MR) is 88.6 cm³/mol. The molecule has 0 unspecified atom stereocenters. The Morgan fingerprint density at radius 3 is 2.76 bits per heavy atom. The molecule has 3 nitrogen and oxygen atoms in total. The van der Waals surface area contributed by atoms with E-state index in [0.717, 1.165) is 11.3 Å². The molecule has 2 aromatic carbocycles. The van der Waals surface area contributed by atoms with Crippen molar-refractivity contribution >= 4 is 35.0 Å². The number of halogens is 1. The van der Waals surface area contributed by atoms with Crippen LogP contribution in [0.1, 0.15) is 11.1 Å². The summed E-state index contributed by atoms with van der Waals surface area (Å²) in [5.41, 5.74) is 2.47. The number of benzene rings is 2. The van der Waals surface area contributed by atoms with Crippen LogP contribution in [0.2, 0.25) is 5.02 Å². The van der Waals surface area contributed by atoms with E-state index < -0.39 is 0 Å². The molecule has 2 rings (SSSR count). The molecule has 0 saturated heterocycles. The van der Waals surface area contributed by atoms with E-state index in [2.05, 4.69) is 5.32 Å². The maximum atomic E-state index is 11.9. The third-order valence-electron chi connectivity index (χ3n) is 2.85. The summed E-state index contributed by atoms with van der Waals surface area (Å²) in [6.07, 6.45) is 0. The summed E-state index contributed by atoms with van der Waals surface area (Å²) < 4.78 is 0. The second-order valence-corrected chi connectivity index (χ2v) is 5.91. The van der Waals surface area contributed by atoms with E-state index in [1.165, 1.54) is 11.8 Å². The first-order valence-electron chi connectivity index (χ1n) is 6.50. The van der Waals surface area contributed by atoms with Crippen LogP contribution in [0.15, 0.2) is 48.5 Å². The minimum Gasteiger partial charge on any atom is -0.392 e. The highest BCUT2D eigenvalue weighted by atomic mass is 35.5. The SMILES string of the molecule is O=C(CSCc1cccc(Cl)c1)Nc1ccccc1CO. The van der Waals surface area contributed by atoms with Crippen molar-refractivity contribution in [1.29, 1.82) is 0 Å². The Morgan fingerprint density at radius 2 is 2.00 bits per heavy atom. The second-order valence-electron chi connectivity index (χ2n) is 4.49. The molecule has 110 valence electrons. The zero-order chi connectivity index (χ0) is 15.1. The predicted octanol–water partition coefficient (Wildman–Crippen LogP) is 3.70. The number of anilines is 1. The highest BCUT2D eigenvalue weighted by Gasteiger charge is 2.06. The van der Waals surface area contributed by atoms with Gasteiger partial charge in [0.05, 0.1) is 12.4 Å². The van der Waals surface area contributed by atoms with Crippen LogP contribution in [0.25, 0.3) is 0 Å². The molecular formula is C16H16ClNO2S. The molecule has 1 amide bonds. The molecule has 0 atom stereocenters. The third-order valence-corrected chi connectivity index (χ3v) is 4.09. The summed E-state index contributed by atoms with van der Waals surface area (Å²) in [7, 11) is 0. The largest absolute Gasteiger partial charge is 0.392 e. The minimum absolute atomic E-state index is 0.0806. The fraction of sp³-hybridized carbons (Fsp3) is 0.188. The van der Waals surface area contributed by atoms with Crippen molar-refractivity contribution in [2.24, 2.45) is 0 Å². The fourth-order valence-electron chi connectivity index (χ4n) is 1.85. The third kappa shape index (κ3) is 5.08. The number of carbonyl (C=O) groups excluding carboxylic acids is 1. The summed E-state index contributed by atoms with van der Waals surface area (Å²) in [6, 6.07) is 14.8. The molecule has 0 aliphatic carbocycles. The van der Waals surface area contributed by atoms with E-state index in [1.54, 1.807) is 12.1 Å². The molecule has 0 saturated carbocycles. The second kappa shape index (κ2) is 8.08. The van der Waals surface area contributed by atoms with Gasteiger partial charge in [0.1, 0.15) is 0 Å². The summed E-state index contributed by atoms with van der Waals surface area (Å²) in [6.45, 7) is -0.0912. The zero-order valence-corrected chi connectivity index (χ0v) is 13.0. The number of nitrogens with one attached hydrogen (secondary N) is 1. The molecule has 0 aromatic heterocycles. The molecular weight excluding hydrogens is 306 g/mol. The lowest BCUT2D eigenvalue weighted by molar-refractivity contribution is -0.113. The highest BCUT2D eigenvalue weighted by molar-refractivity contribution is 7.99. The molecule has 21 heavy (non-hydrogen) atoms. The van der Waals surface area contributed by atoms with Gasteiger partial charge in [0.2, 0.25) is 5.91 Å². The smallest absolute Gasteiger partial charge is 0.234 e. The minimum atomic E-state index is -0.0912. The Morgan fingerprint density at radius 1 is 1.19 bits per heavy atom. The fourth-order valence-corrected chi connectivity index (χ4v) is 2.84. The molecule has 0 fully saturated rings. The van der Waals surface area contributed by atoms with Crippen LogP contribution in [0.5, 0.6) is 0 Å². The Balaban J connectivity index is 1.82. The lowest BCUT2D eigenvalue weighted by atomic mass is 10.2. The van der Waals surface area contributed by atoms with Gasteiger partial charge in [-0.2, -0.15) is 0 Å². The van der Waals surface area contributed by atoms with Crippen molar-refractivity contribution in [3.63, 3.8) is 0 Å². The van der Waals surface area contributed by atoms with Crippen molar-refractivity contribution < 1.29 is 9.90 Å². The molecule has 0 radical (unpaired) electrons. The molecule has 0 heterocycles. The maximum Gasteiger partial charge on any atom is 0.234 e. The van der Waals surface area contributed by atoms with Gasteiger partial charge in [-0.25, -0.2) is 0 Å². The number of aliphatic hydroxyl groups excluding tert-OH is 1. The number of hydrogen-bond donors (Lipinski definition) is 2. The maximum absolute atomic E-state index is 11.9. The van der Waals surface area contributed by atoms with Crippen molar-refractivity contribution in [3.05, 3.63) is 64.7 Å². The number of hydrogen-bond acceptors (Lipinski definition) is 3. The van der Waals surface area contributed by atoms with Crippen LogP contribution in [0.4, 0.5) is 5.69 Å². The van der Waals surface area contributed by atoms with Gasteiger partial charge < -0.3 is 10.4 Å². The topological polar surface area (TPSA) is 49.3 Å². The van der Waals surface area contributed by atoms with Crippen LogP contribution in [-0.4, -0.2) is 16.8 Å². The van der Waals surface area contributed by atoms with Gasteiger partial charge in [-0.1, -0.05) is 41.9 Å². The van der Waals surface area contributed by atoms with E-state index in [1.807, 2.05) is 36.4 Å². The first kappa shape index (κ1) is 15.9. The summed E-state index contributed by atoms with van der Waals surface area (Å²) in [4.78, 5) is 11.9. The van der Waals surface area contributed by atoms with Gasteiger partial charge in [0.25, 0.3) is 0 Å². The Kier molecular flexibility index (Phi) is 6.11. The Bertz CT molecular complexity index is 619. The molecule has 0 spiro atoms. The van der Waals surface area contributed by atoms with Crippen LogP contribution in [0.3, 0.4) is 0 Å². The van der Waals surface area contributed by atoms with E-state index >= 15 is 0 Å². The number of aliphatic hydroxyl groups is 1. The lowest BCUT2D eigenvalue weighted by Gasteiger charge is -2.09.